The van der Waals surface area contributed by atoms with Crippen molar-refractivity contribution in [2.24, 2.45) is 0 Å². The number of esters is 1. The SMILES string of the molecule is COCc1c(C(=O)O[C@H](C)C(=O)Nc2ccc3c(c2)OCO3)sc2cccc(F)c12. The summed E-state index contributed by atoms with van der Waals surface area (Å²) in [5, 5.41) is 3.00. The third kappa shape index (κ3) is 3.81. The average Bonchev–Trinajstić information content (AvgIpc) is 3.33. The van der Waals surface area contributed by atoms with E-state index in [4.69, 9.17) is 18.9 Å². The summed E-state index contributed by atoms with van der Waals surface area (Å²) in [4.78, 5) is 25.4. The molecule has 0 aliphatic carbocycles. The fourth-order valence-corrected chi connectivity index (χ4v) is 4.20. The van der Waals surface area contributed by atoms with Gasteiger partial charge in [-0.05, 0) is 31.2 Å². The number of carbonyl (C=O) groups is 2. The summed E-state index contributed by atoms with van der Waals surface area (Å²) in [7, 11) is 1.46. The standard InChI is InChI=1S/C21H18FNO6S/c1-11(20(24)23-12-6-7-15-16(8-12)28-10-27-15)29-21(25)19-13(9-26-2)18-14(22)4-3-5-17(18)30-19/h3-8,11H,9-10H2,1-2H3,(H,23,24)/t11-/m1/s1. The van der Waals surface area contributed by atoms with Gasteiger partial charge in [0.15, 0.2) is 17.6 Å². The topological polar surface area (TPSA) is 83.1 Å². The Bertz CT molecular complexity index is 1130. The molecule has 0 saturated carbocycles. The molecule has 30 heavy (non-hydrogen) atoms. The summed E-state index contributed by atoms with van der Waals surface area (Å²) < 4.78 is 35.9. The molecule has 0 bridgehead atoms. The molecule has 1 aliphatic heterocycles. The number of fused-ring (bicyclic) bond motifs is 2. The lowest BCUT2D eigenvalue weighted by Crippen LogP contribution is -2.30. The summed E-state index contributed by atoms with van der Waals surface area (Å²) in [5.41, 5.74) is 0.889. The Labute approximate surface area is 175 Å². The van der Waals surface area contributed by atoms with Crippen LogP contribution < -0.4 is 14.8 Å². The van der Waals surface area contributed by atoms with Crippen molar-refractivity contribution in [3.05, 3.63) is 52.7 Å². The smallest absolute Gasteiger partial charge is 0.349 e. The molecule has 1 aliphatic rings. The maximum atomic E-state index is 14.3. The Morgan fingerprint density at radius 1 is 1.23 bits per heavy atom. The van der Waals surface area contributed by atoms with E-state index >= 15 is 0 Å². The van der Waals surface area contributed by atoms with Crippen LogP contribution in [0.15, 0.2) is 36.4 Å². The fourth-order valence-electron chi connectivity index (χ4n) is 3.10. The molecule has 1 atom stereocenters. The van der Waals surface area contributed by atoms with Crippen molar-refractivity contribution >= 4 is 39.0 Å². The van der Waals surface area contributed by atoms with Crippen molar-refractivity contribution in [3.63, 3.8) is 0 Å². The Morgan fingerprint density at radius 3 is 2.83 bits per heavy atom. The molecular formula is C21H18FNO6S. The van der Waals surface area contributed by atoms with Gasteiger partial charge in [-0.1, -0.05) is 6.07 Å². The zero-order valence-corrected chi connectivity index (χ0v) is 17.0. The van der Waals surface area contributed by atoms with Crippen molar-refractivity contribution in [3.8, 4) is 11.5 Å². The number of hydrogen-bond donors (Lipinski definition) is 1. The largest absolute Gasteiger partial charge is 0.454 e. The van der Waals surface area contributed by atoms with Crippen molar-refractivity contribution in [2.75, 3.05) is 19.2 Å². The van der Waals surface area contributed by atoms with Crippen LogP contribution in [0.2, 0.25) is 0 Å². The average molecular weight is 431 g/mol. The van der Waals surface area contributed by atoms with Gasteiger partial charge in [-0.2, -0.15) is 0 Å². The highest BCUT2D eigenvalue weighted by molar-refractivity contribution is 7.21. The van der Waals surface area contributed by atoms with Gasteiger partial charge in [-0.3, -0.25) is 4.79 Å². The molecule has 4 rings (SSSR count). The van der Waals surface area contributed by atoms with E-state index in [0.29, 0.717) is 32.8 Å². The normalized spacial score (nSPS) is 13.3. The summed E-state index contributed by atoms with van der Waals surface area (Å²) in [6.45, 7) is 1.63. The second kappa shape index (κ2) is 8.29. The molecule has 9 heteroatoms. The van der Waals surface area contributed by atoms with Gasteiger partial charge < -0.3 is 24.3 Å². The molecule has 0 saturated heterocycles. The van der Waals surface area contributed by atoms with Crippen LogP contribution in [0.5, 0.6) is 11.5 Å². The van der Waals surface area contributed by atoms with E-state index in [9.17, 15) is 14.0 Å². The van der Waals surface area contributed by atoms with Crippen molar-refractivity contribution < 1.29 is 32.9 Å². The van der Waals surface area contributed by atoms with Crippen molar-refractivity contribution in [1.29, 1.82) is 0 Å². The summed E-state index contributed by atoms with van der Waals surface area (Å²) in [6.07, 6.45) is -1.08. The van der Waals surface area contributed by atoms with Gasteiger partial charge in [0.1, 0.15) is 10.7 Å². The Hall–Kier alpha value is -3.17. The minimum Gasteiger partial charge on any atom is -0.454 e. The minimum absolute atomic E-state index is 0.0448. The number of nitrogens with one attached hydrogen (secondary N) is 1. The molecular weight excluding hydrogens is 413 g/mol. The summed E-state index contributed by atoms with van der Waals surface area (Å²) in [6, 6.07) is 9.57. The van der Waals surface area contributed by atoms with E-state index in [2.05, 4.69) is 5.32 Å². The highest BCUT2D eigenvalue weighted by atomic mass is 32.1. The van der Waals surface area contributed by atoms with Gasteiger partial charge in [0, 0.05) is 34.5 Å². The Balaban J connectivity index is 1.50. The van der Waals surface area contributed by atoms with Crippen LogP contribution in [0.4, 0.5) is 10.1 Å². The minimum atomic E-state index is -1.08. The van der Waals surface area contributed by atoms with Crippen LogP contribution in [-0.2, 0) is 20.9 Å². The molecule has 2 aromatic carbocycles. The first-order valence-corrected chi connectivity index (χ1v) is 9.90. The van der Waals surface area contributed by atoms with Crippen molar-refractivity contribution in [2.45, 2.75) is 19.6 Å². The molecule has 7 nitrogen and oxygen atoms in total. The molecule has 3 aromatic rings. The lowest BCUT2D eigenvalue weighted by atomic mass is 10.1. The number of rotatable bonds is 6. The third-order valence-electron chi connectivity index (χ3n) is 4.53. The van der Waals surface area contributed by atoms with Gasteiger partial charge in [0.05, 0.1) is 6.61 Å². The second-order valence-electron chi connectivity index (χ2n) is 6.56. The quantitative estimate of drug-likeness (QED) is 0.592. The lowest BCUT2D eigenvalue weighted by molar-refractivity contribution is -0.123. The van der Waals surface area contributed by atoms with Crippen LogP contribution >= 0.6 is 11.3 Å². The Morgan fingerprint density at radius 2 is 2.03 bits per heavy atom. The number of hydrogen-bond acceptors (Lipinski definition) is 7. The highest BCUT2D eigenvalue weighted by Gasteiger charge is 2.26. The Kier molecular flexibility index (Phi) is 5.56. The van der Waals surface area contributed by atoms with E-state index in [1.165, 1.54) is 20.1 Å². The number of anilines is 1. The van der Waals surface area contributed by atoms with Gasteiger partial charge >= 0.3 is 5.97 Å². The van der Waals surface area contributed by atoms with Crippen LogP contribution in [0.3, 0.4) is 0 Å². The van der Waals surface area contributed by atoms with Gasteiger partial charge in [0.2, 0.25) is 6.79 Å². The van der Waals surface area contributed by atoms with Crippen LogP contribution in [-0.4, -0.2) is 31.9 Å². The third-order valence-corrected chi connectivity index (χ3v) is 5.71. The van der Waals surface area contributed by atoms with E-state index in [1.54, 1.807) is 30.3 Å². The second-order valence-corrected chi connectivity index (χ2v) is 7.61. The van der Waals surface area contributed by atoms with E-state index in [-0.39, 0.29) is 18.3 Å². The number of ether oxygens (including phenoxy) is 4. The van der Waals surface area contributed by atoms with Crippen LogP contribution in [0.1, 0.15) is 22.2 Å². The van der Waals surface area contributed by atoms with Gasteiger partial charge in [-0.25, -0.2) is 9.18 Å². The molecule has 0 unspecified atom stereocenters. The maximum Gasteiger partial charge on any atom is 0.349 e. The number of benzene rings is 2. The first-order valence-electron chi connectivity index (χ1n) is 9.08. The molecule has 0 fully saturated rings. The van der Waals surface area contributed by atoms with Gasteiger partial charge in [0.25, 0.3) is 5.91 Å². The molecule has 156 valence electrons. The fraction of sp³-hybridized carbons (Fsp3) is 0.238. The van der Waals surface area contributed by atoms with Crippen LogP contribution in [0.25, 0.3) is 10.1 Å². The van der Waals surface area contributed by atoms with E-state index < -0.39 is 23.8 Å². The van der Waals surface area contributed by atoms with E-state index in [0.717, 1.165) is 11.3 Å². The predicted molar refractivity (Wildman–Crippen MR) is 109 cm³/mol. The molecule has 1 N–H and O–H groups in total. The van der Waals surface area contributed by atoms with Crippen molar-refractivity contribution in [1.82, 2.24) is 0 Å². The first-order chi connectivity index (χ1) is 14.5. The predicted octanol–water partition coefficient (Wildman–Crippen LogP) is 4.10. The lowest BCUT2D eigenvalue weighted by Gasteiger charge is -2.14. The van der Waals surface area contributed by atoms with E-state index in [1.807, 2.05) is 0 Å². The molecule has 1 amide bonds. The molecule has 2 heterocycles. The molecule has 0 spiro atoms. The number of thiophene rings is 1. The number of amides is 1. The number of carbonyl (C=O) groups excluding carboxylic acids is 2. The maximum absolute atomic E-state index is 14.3. The monoisotopic (exact) mass is 431 g/mol. The zero-order valence-electron chi connectivity index (χ0n) is 16.2. The highest BCUT2D eigenvalue weighted by Crippen LogP contribution is 2.35. The molecule has 1 aromatic heterocycles. The number of methoxy groups -OCH3 is 1. The molecule has 0 radical (unpaired) electrons. The van der Waals surface area contributed by atoms with Crippen LogP contribution in [0, 0.1) is 5.82 Å². The zero-order chi connectivity index (χ0) is 21.3. The number of halogens is 1. The summed E-state index contributed by atoms with van der Waals surface area (Å²) in [5.74, 6) is -0.550. The summed E-state index contributed by atoms with van der Waals surface area (Å²) >= 11 is 1.10. The van der Waals surface area contributed by atoms with Gasteiger partial charge in [-0.15, -0.1) is 11.3 Å². The first kappa shape index (κ1) is 20.1.